The molecule has 0 radical (unpaired) electrons. The maximum atomic E-state index is 11.4. The van der Waals surface area contributed by atoms with Gasteiger partial charge in [0, 0.05) is 0 Å². The lowest BCUT2D eigenvalue weighted by molar-refractivity contribution is -0.152. The molecule has 0 fully saturated rings. The number of benzene rings is 1. The van der Waals surface area contributed by atoms with E-state index < -0.39 is 21.9 Å². The number of nitrogens with one attached hydrogen (secondary N) is 1. The number of amides is 1. The highest BCUT2D eigenvalue weighted by Crippen LogP contribution is 2.21. The first-order valence-electron chi connectivity index (χ1n) is 5.37. The van der Waals surface area contributed by atoms with Gasteiger partial charge in [-0.15, -0.1) is 0 Å². The first kappa shape index (κ1) is 15.1. The van der Waals surface area contributed by atoms with Gasteiger partial charge in [-0.25, -0.2) is 18.4 Å². The summed E-state index contributed by atoms with van der Waals surface area (Å²) in [5.41, 5.74) is 0.587. The Morgan fingerprint density at radius 1 is 1.37 bits per heavy atom. The molecule has 0 aliphatic rings. The smallest absolute Gasteiger partial charge is 0.397 e. The molecule has 7 nitrogen and oxygen atoms in total. The first-order chi connectivity index (χ1) is 8.75. The molecule has 8 heteroatoms. The van der Waals surface area contributed by atoms with Crippen LogP contribution < -0.4 is 10.5 Å². The SMILES string of the molecule is CCOC(=O)C(=O)Nc1ccc(C)cc1S(N)(=O)=O. The fraction of sp³-hybridized carbons (Fsp3) is 0.273. The molecule has 0 aliphatic carbocycles. The van der Waals surface area contributed by atoms with Crippen LogP contribution in [0.3, 0.4) is 0 Å². The van der Waals surface area contributed by atoms with Crippen LogP contribution in [0.5, 0.6) is 0 Å². The number of sulfonamides is 1. The van der Waals surface area contributed by atoms with Crippen LogP contribution in [0.4, 0.5) is 5.69 Å². The number of carbonyl (C=O) groups excluding carboxylic acids is 2. The van der Waals surface area contributed by atoms with Gasteiger partial charge in [0.05, 0.1) is 12.3 Å². The zero-order valence-electron chi connectivity index (χ0n) is 10.5. The number of hydrogen-bond acceptors (Lipinski definition) is 5. The topological polar surface area (TPSA) is 116 Å². The van der Waals surface area contributed by atoms with Crippen molar-refractivity contribution in [3.8, 4) is 0 Å². The van der Waals surface area contributed by atoms with Gasteiger partial charge in [0.15, 0.2) is 0 Å². The van der Waals surface area contributed by atoms with Gasteiger partial charge < -0.3 is 10.1 Å². The number of primary sulfonamides is 1. The molecule has 0 bridgehead atoms. The van der Waals surface area contributed by atoms with Gasteiger partial charge in [-0.1, -0.05) is 6.07 Å². The summed E-state index contributed by atoms with van der Waals surface area (Å²) in [6, 6.07) is 4.23. The van der Waals surface area contributed by atoms with Crippen LogP contribution in [-0.4, -0.2) is 26.9 Å². The molecule has 0 aromatic heterocycles. The third-order valence-corrected chi connectivity index (χ3v) is 3.10. The number of hydrogen-bond donors (Lipinski definition) is 2. The summed E-state index contributed by atoms with van der Waals surface area (Å²) in [5.74, 6) is -2.15. The molecule has 0 heterocycles. The number of anilines is 1. The fourth-order valence-corrected chi connectivity index (χ4v) is 2.11. The Bertz CT molecular complexity index is 610. The molecule has 0 saturated heterocycles. The lowest BCUT2D eigenvalue weighted by Gasteiger charge is -2.09. The number of rotatable bonds is 3. The van der Waals surface area contributed by atoms with Crippen LogP contribution in [0.15, 0.2) is 23.1 Å². The minimum Gasteiger partial charge on any atom is -0.459 e. The number of ether oxygens (including phenoxy) is 1. The van der Waals surface area contributed by atoms with Crippen molar-refractivity contribution in [2.45, 2.75) is 18.7 Å². The molecule has 0 spiro atoms. The summed E-state index contributed by atoms with van der Waals surface area (Å²) in [7, 11) is -4.01. The van der Waals surface area contributed by atoms with E-state index in [0.717, 1.165) is 0 Å². The Balaban J connectivity index is 3.09. The van der Waals surface area contributed by atoms with Gasteiger partial charge in [-0.3, -0.25) is 4.79 Å². The van der Waals surface area contributed by atoms with Crippen LogP contribution in [-0.2, 0) is 24.3 Å². The van der Waals surface area contributed by atoms with E-state index in [1.807, 2.05) is 0 Å². The minimum atomic E-state index is -4.01. The second kappa shape index (κ2) is 5.81. The predicted molar refractivity (Wildman–Crippen MR) is 67.8 cm³/mol. The number of carbonyl (C=O) groups is 2. The van der Waals surface area contributed by atoms with Crippen LogP contribution >= 0.6 is 0 Å². The molecule has 0 atom stereocenters. The van der Waals surface area contributed by atoms with Gasteiger partial charge in [-0.2, -0.15) is 0 Å². The molecule has 19 heavy (non-hydrogen) atoms. The molecule has 0 aliphatic heterocycles. The highest BCUT2D eigenvalue weighted by molar-refractivity contribution is 7.89. The average Bonchev–Trinajstić information content (AvgIpc) is 2.30. The average molecular weight is 286 g/mol. The molecule has 104 valence electrons. The Morgan fingerprint density at radius 3 is 2.53 bits per heavy atom. The molecule has 0 unspecified atom stereocenters. The zero-order chi connectivity index (χ0) is 14.6. The van der Waals surface area contributed by atoms with Crippen molar-refractivity contribution in [2.24, 2.45) is 5.14 Å². The van der Waals surface area contributed by atoms with Crippen molar-refractivity contribution >= 4 is 27.6 Å². The zero-order valence-corrected chi connectivity index (χ0v) is 11.3. The minimum absolute atomic E-state index is 0.0438. The molecule has 3 N–H and O–H groups in total. The lowest BCUT2D eigenvalue weighted by atomic mass is 10.2. The molecule has 0 saturated carbocycles. The monoisotopic (exact) mass is 286 g/mol. The van der Waals surface area contributed by atoms with E-state index in [2.05, 4.69) is 10.1 Å². The van der Waals surface area contributed by atoms with Gasteiger partial charge in [0.2, 0.25) is 10.0 Å². The molecule has 1 aromatic carbocycles. The van der Waals surface area contributed by atoms with Gasteiger partial charge in [0.25, 0.3) is 0 Å². The van der Waals surface area contributed by atoms with Crippen molar-refractivity contribution in [3.63, 3.8) is 0 Å². The molecule has 1 amide bonds. The van der Waals surface area contributed by atoms with Crippen molar-refractivity contribution in [3.05, 3.63) is 23.8 Å². The second-order valence-electron chi connectivity index (χ2n) is 3.72. The number of aryl methyl sites for hydroxylation is 1. The van der Waals surface area contributed by atoms with E-state index in [4.69, 9.17) is 5.14 Å². The maximum Gasteiger partial charge on any atom is 0.397 e. The Hall–Kier alpha value is -1.93. The van der Waals surface area contributed by atoms with E-state index >= 15 is 0 Å². The Morgan fingerprint density at radius 2 is 2.00 bits per heavy atom. The van der Waals surface area contributed by atoms with Crippen LogP contribution in [0.25, 0.3) is 0 Å². The summed E-state index contributed by atoms with van der Waals surface area (Å²) in [4.78, 5) is 22.3. The van der Waals surface area contributed by atoms with E-state index in [0.29, 0.717) is 5.56 Å². The van der Waals surface area contributed by atoms with Crippen LogP contribution in [0, 0.1) is 6.92 Å². The summed E-state index contributed by atoms with van der Waals surface area (Å²) in [5, 5.41) is 7.20. The molecular formula is C11H14N2O5S. The van der Waals surface area contributed by atoms with Gasteiger partial charge >= 0.3 is 11.9 Å². The maximum absolute atomic E-state index is 11.4. The lowest BCUT2D eigenvalue weighted by Crippen LogP contribution is -2.26. The molecule has 1 aromatic rings. The van der Waals surface area contributed by atoms with Crippen LogP contribution in [0.2, 0.25) is 0 Å². The third kappa shape index (κ3) is 4.04. The largest absolute Gasteiger partial charge is 0.459 e. The quantitative estimate of drug-likeness (QED) is 0.606. The Kier molecular flexibility index (Phi) is 4.62. The van der Waals surface area contributed by atoms with E-state index in [1.54, 1.807) is 19.9 Å². The normalized spacial score (nSPS) is 10.9. The van der Waals surface area contributed by atoms with Crippen molar-refractivity contribution < 1.29 is 22.7 Å². The highest BCUT2D eigenvalue weighted by Gasteiger charge is 2.20. The summed E-state index contributed by atoms with van der Waals surface area (Å²) in [6.07, 6.45) is 0. The van der Waals surface area contributed by atoms with Crippen molar-refractivity contribution in [1.82, 2.24) is 0 Å². The molecular weight excluding hydrogens is 272 g/mol. The van der Waals surface area contributed by atoms with E-state index in [9.17, 15) is 18.0 Å². The van der Waals surface area contributed by atoms with E-state index in [-0.39, 0.29) is 17.2 Å². The third-order valence-electron chi connectivity index (χ3n) is 2.15. The summed E-state index contributed by atoms with van der Waals surface area (Å²) >= 11 is 0. The van der Waals surface area contributed by atoms with Gasteiger partial charge in [0.1, 0.15) is 4.90 Å². The number of esters is 1. The highest BCUT2D eigenvalue weighted by atomic mass is 32.2. The second-order valence-corrected chi connectivity index (χ2v) is 5.25. The number of nitrogens with two attached hydrogens (primary N) is 1. The predicted octanol–water partition coefficient (Wildman–Crippen LogP) is 0.144. The molecule has 1 rings (SSSR count). The van der Waals surface area contributed by atoms with E-state index in [1.165, 1.54) is 12.1 Å². The Labute approximate surface area is 110 Å². The fourth-order valence-electron chi connectivity index (χ4n) is 1.34. The first-order valence-corrected chi connectivity index (χ1v) is 6.92. The van der Waals surface area contributed by atoms with Gasteiger partial charge in [-0.05, 0) is 31.5 Å². The van der Waals surface area contributed by atoms with Crippen molar-refractivity contribution in [1.29, 1.82) is 0 Å². The summed E-state index contributed by atoms with van der Waals surface area (Å²) in [6.45, 7) is 3.26. The summed E-state index contributed by atoms with van der Waals surface area (Å²) < 4.78 is 27.3. The van der Waals surface area contributed by atoms with Crippen molar-refractivity contribution in [2.75, 3.05) is 11.9 Å². The van der Waals surface area contributed by atoms with Crippen LogP contribution in [0.1, 0.15) is 12.5 Å². The standard InChI is InChI=1S/C11H14N2O5S/c1-3-18-11(15)10(14)13-8-5-4-7(2)6-9(8)19(12,16)17/h4-6H,3H2,1-2H3,(H,13,14)(H2,12,16,17).